The van der Waals surface area contributed by atoms with Gasteiger partial charge in [-0.3, -0.25) is 9.59 Å². The second-order valence-corrected chi connectivity index (χ2v) is 7.65. The summed E-state index contributed by atoms with van der Waals surface area (Å²) in [6, 6.07) is 8.65. The second kappa shape index (κ2) is 6.57. The third kappa shape index (κ3) is 3.29. The molecule has 1 aromatic carbocycles. The Hall–Kier alpha value is -2.25. The smallest absolute Gasteiger partial charge is 0.263 e. The number of carbonyl (C=O) groups excluding carboxylic acids is 2. The number of nitrogens with one attached hydrogen (secondary N) is 3. The zero-order valence-electron chi connectivity index (χ0n) is 13.9. The summed E-state index contributed by atoms with van der Waals surface area (Å²) in [4.78, 5) is 28.9. The summed E-state index contributed by atoms with van der Waals surface area (Å²) in [5.74, 6) is -0.203. The number of amides is 2. The van der Waals surface area contributed by atoms with E-state index in [4.69, 9.17) is 0 Å². The quantitative estimate of drug-likeness (QED) is 0.785. The van der Waals surface area contributed by atoms with Gasteiger partial charge in [-0.25, -0.2) is 4.98 Å². The van der Waals surface area contributed by atoms with Gasteiger partial charge in [-0.1, -0.05) is 12.1 Å². The van der Waals surface area contributed by atoms with Crippen molar-refractivity contribution in [1.29, 1.82) is 0 Å². The van der Waals surface area contributed by atoms with Gasteiger partial charge in [0.1, 0.15) is 9.88 Å². The van der Waals surface area contributed by atoms with Crippen molar-refractivity contribution >= 4 is 28.8 Å². The van der Waals surface area contributed by atoms with Crippen LogP contribution in [0.1, 0.15) is 35.9 Å². The average Bonchev–Trinajstić information content (AvgIpc) is 3.31. The molecule has 1 aromatic heterocycles. The third-order valence-corrected chi connectivity index (χ3v) is 5.84. The normalized spacial score (nSPS) is 24.3. The van der Waals surface area contributed by atoms with Crippen LogP contribution in [0.4, 0.5) is 5.69 Å². The Balaban J connectivity index is 1.50. The molecular formula is C18H20N4O2S. The number of nitrogens with zero attached hydrogens (tertiary/aromatic N) is 1. The van der Waals surface area contributed by atoms with Crippen LogP contribution in [0.25, 0.3) is 10.6 Å². The molecule has 0 aliphatic carbocycles. The van der Waals surface area contributed by atoms with Gasteiger partial charge in [0.2, 0.25) is 5.91 Å². The summed E-state index contributed by atoms with van der Waals surface area (Å²) >= 11 is 1.34. The molecule has 0 saturated carbocycles. The van der Waals surface area contributed by atoms with Gasteiger partial charge in [-0.15, -0.1) is 11.3 Å². The summed E-state index contributed by atoms with van der Waals surface area (Å²) in [7, 11) is 0. The monoisotopic (exact) mass is 356 g/mol. The van der Waals surface area contributed by atoms with Gasteiger partial charge in [0.15, 0.2) is 0 Å². The predicted molar refractivity (Wildman–Crippen MR) is 97.7 cm³/mol. The van der Waals surface area contributed by atoms with Gasteiger partial charge >= 0.3 is 0 Å². The lowest BCUT2D eigenvalue weighted by atomic mass is 9.95. The molecule has 3 N–H and O–H groups in total. The first-order valence-corrected chi connectivity index (χ1v) is 9.31. The van der Waals surface area contributed by atoms with Crippen LogP contribution in [0.2, 0.25) is 0 Å². The van der Waals surface area contributed by atoms with Crippen LogP contribution in [0.5, 0.6) is 0 Å². The number of carbonyl (C=O) groups is 2. The second-order valence-electron chi connectivity index (χ2n) is 6.62. The third-order valence-electron chi connectivity index (χ3n) is 4.81. The van der Waals surface area contributed by atoms with Crippen molar-refractivity contribution in [2.75, 3.05) is 5.32 Å². The van der Waals surface area contributed by atoms with Gasteiger partial charge in [0, 0.05) is 30.6 Å². The molecule has 2 amide bonds. The SMILES string of the molecule is CC(=O)Nc1ccccc1-c1ncc(C(=O)NC2CC3CCC2N3)s1. The molecule has 3 atom stereocenters. The number of hydrogen-bond donors (Lipinski definition) is 3. The van der Waals surface area contributed by atoms with Crippen molar-refractivity contribution in [1.82, 2.24) is 15.6 Å². The van der Waals surface area contributed by atoms with E-state index in [9.17, 15) is 9.59 Å². The summed E-state index contributed by atoms with van der Waals surface area (Å²) in [5, 5.41) is 10.2. The van der Waals surface area contributed by atoms with Crippen LogP contribution in [0, 0.1) is 0 Å². The van der Waals surface area contributed by atoms with Gasteiger partial charge < -0.3 is 16.0 Å². The molecule has 130 valence electrons. The lowest BCUT2D eigenvalue weighted by Crippen LogP contribution is -2.42. The van der Waals surface area contributed by atoms with Crippen molar-refractivity contribution in [2.24, 2.45) is 0 Å². The summed E-state index contributed by atoms with van der Waals surface area (Å²) in [6.07, 6.45) is 4.96. The van der Waals surface area contributed by atoms with Gasteiger partial charge in [0.25, 0.3) is 5.91 Å². The highest BCUT2D eigenvalue weighted by Crippen LogP contribution is 2.32. The van der Waals surface area contributed by atoms with E-state index in [2.05, 4.69) is 20.9 Å². The fourth-order valence-electron chi connectivity index (χ4n) is 3.70. The molecule has 0 radical (unpaired) electrons. The number of rotatable bonds is 4. The minimum Gasteiger partial charge on any atom is -0.347 e. The Kier molecular flexibility index (Phi) is 4.27. The lowest BCUT2D eigenvalue weighted by molar-refractivity contribution is -0.114. The summed E-state index contributed by atoms with van der Waals surface area (Å²) in [5.41, 5.74) is 1.52. The maximum absolute atomic E-state index is 12.5. The largest absolute Gasteiger partial charge is 0.347 e. The maximum atomic E-state index is 12.5. The average molecular weight is 356 g/mol. The Morgan fingerprint density at radius 2 is 2.12 bits per heavy atom. The fraction of sp³-hybridized carbons (Fsp3) is 0.389. The van der Waals surface area contributed by atoms with Crippen molar-refractivity contribution < 1.29 is 9.59 Å². The minimum absolute atomic E-state index is 0.0693. The molecule has 6 nitrogen and oxygen atoms in total. The Labute approximate surface area is 150 Å². The van der Waals surface area contributed by atoms with Crippen LogP contribution in [0.3, 0.4) is 0 Å². The first-order chi connectivity index (χ1) is 12.1. The van der Waals surface area contributed by atoms with E-state index in [0.717, 1.165) is 23.4 Å². The maximum Gasteiger partial charge on any atom is 0.263 e. The molecule has 2 aromatic rings. The van der Waals surface area contributed by atoms with Crippen LogP contribution in [-0.4, -0.2) is 34.9 Å². The van der Waals surface area contributed by atoms with Crippen molar-refractivity contribution in [2.45, 2.75) is 44.3 Å². The Morgan fingerprint density at radius 1 is 1.28 bits per heavy atom. The Bertz CT molecular complexity index is 819. The first kappa shape index (κ1) is 16.2. The molecule has 25 heavy (non-hydrogen) atoms. The molecule has 2 aliphatic heterocycles. The highest BCUT2D eigenvalue weighted by atomic mass is 32.1. The topological polar surface area (TPSA) is 83.1 Å². The Morgan fingerprint density at radius 3 is 2.84 bits per heavy atom. The molecule has 7 heteroatoms. The van der Waals surface area contributed by atoms with Gasteiger partial charge in [0.05, 0.1) is 11.9 Å². The van der Waals surface area contributed by atoms with Crippen LogP contribution in [0.15, 0.2) is 30.5 Å². The molecule has 2 aliphatic rings. The van der Waals surface area contributed by atoms with E-state index in [0.29, 0.717) is 22.6 Å². The molecule has 2 saturated heterocycles. The predicted octanol–water partition coefficient (Wildman–Crippen LogP) is 2.39. The van der Waals surface area contributed by atoms with E-state index in [-0.39, 0.29) is 17.9 Å². The number of anilines is 1. The van der Waals surface area contributed by atoms with Crippen molar-refractivity contribution in [3.63, 3.8) is 0 Å². The molecule has 2 fully saturated rings. The zero-order chi connectivity index (χ0) is 17.4. The minimum atomic E-state index is -0.134. The molecule has 3 heterocycles. The number of fused-ring (bicyclic) bond motifs is 2. The lowest BCUT2D eigenvalue weighted by Gasteiger charge is -2.20. The summed E-state index contributed by atoms with van der Waals surface area (Å²) < 4.78 is 0. The molecule has 3 unspecified atom stereocenters. The van der Waals surface area contributed by atoms with E-state index in [1.807, 2.05) is 24.3 Å². The number of benzene rings is 1. The fourth-order valence-corrected chi connectivity index (χ4v) is 4.55. The summed E-state index contributed by atoms with van der Waals surface area (Å²) in [6.45, 7) is 1.47. The van der Waals surface area contributed by atoms with Crippen LogP contribution >= 0.6 is 11.3 Å². The van der Waals surface area contributed by atoms with E-state index < -0.39 is 0 Å². The number of thiazole rings is 1. The van der Waals surface area contributed by atoms with Gasteiger partial charge in [-0.2, -0.15) is 0 Å². The van der Waals surface area contributed by atoms with Crippen molar-refractivity contribution in [3.8, 4) is 10.6 Å². The zero-order valence-corrected chi connectivity index (χ0v) is 14.7. The standard InChI is InChI=1S/C18H20N4O2S/c1-10(23)20-13-5-3-2-4-12(13)18-19-9-16(25-18)17(24)22-15-8-11-6-7-14(15)21-11/h2-5,9,11,14-15,21H,6-8H2,1H3,(H,20,23)(H,22,24). The van der Waals surface area contributed by atoms with Crippen LogP contribution in [-0.2, 0) is 4.79 Å². The number of aromatic nitrogens is 1. The number of hydrogen-bond acceptors (Lipinski definition) is 5. The molecule has 0 spiro atoms. The van der Waals surface area contributed by atoms with Crippen molar-refractivity contribution in [3.05, 3.63) is 35.3 Å². The van der Waals surface area contributed by atoms with Gasteiger partial charge in [-0.05, 0) is 31.4 Å². The molecule has 2 bridgehead atoms. The molecule has 4 rings (SSSR count). The van der Waals surface area contributed by atoms with E-state index in [1.165, 1.54) is 24.7 Å². The number of para-hydroxylation sites is 1. The van der Waals surface area contributed by atoms with E-state index >= 15 is 0 Å². The highest BCUT2D eigenvalue weighted by Gasteiger charge is 2.39. The van der Waals surface area contributed by atoms with E-state index in [1.54, 1.807) is 6.20 Å². The van der Waals surface area contributed by atoms with Crippen LogP contribution < -0.4 is 16.0 Å². The highest BCUT2D eigenvalue weighted by molar-refractivity contribution is 7.17. The molecular weight excluding hydrogens is 336 g/mol. The first-order valence-electron chi connectivity index (χ1n) is 8.50.